The average molecular weight is 356 g/mol. The summed E-state index contributed by atoms with van der Waals surface area (Å²) < 4.78 is 5.01. The van der Waals surface area contributed by atoms with Crippen molar-refractivity contribution in [1.29, 1.82) is 0 Å². The van der Waals surface area contributed by atoms with E-state index in [-0.39, 0.29) is 30.8 Å². The van der Waals surface area contributed by atoms with Gasteiger partial charge in [0.25, 0.3) is 5.56 Å². The van der Waals surface area contributed by atoms with Crippen LogP contribution in [0.15, 0.2) is 41.2 Å². The fraction of sp³-hybridized carbons (Fsp3) is 0.222. The molecule has 2 heterocycles. The Hall–Kier alpha value is -2.80. The highest BCUT2D eigenvalue weighted by atomic mass is 32.1. The van der Waals surface area contributed by atoms with Crippen molar-refractivity contribution in [3.63, 3.8) is 0 Å². The molecule has 2 aromatic heterocycles. The van der Waals surface area contributed by atoms with E-state index in [0.29, 0.717) is 21.6 Å². The lowest BCUT2D eigenvalue weighted by Gasteiger charge is -2.04. The van der Waals surface area contributed by atoms with E-state index in [9.17, 15) is 14.4 Å². The monoisotopic (exact) mass is 356 g/mol. The van der Waals surface area contributed by atoms with Crippen LogP contribution in [0.2, 0.25) is 0 Å². The number of aromatic amines is 1. The molecule has 0 spiro atoms. The van der Waals surface area contributed by atoms with Gasteiger partial charge in [-0.3, -0.25) is 14.4 Å². The molecule has 0 aliphatic carbocycles. The summed E-state index contributed by atoms with van der Waals surface area (Å²) in [5.41, 5.74) is 0.343. The van der Waals surface area contributed by atoms with Gasteiger partial charge in [0.2, 0.25) is 5.78 Å². The van der Waals surface area contributed by atoms with Crippen molar-refractivity contribution in [2.45, 2.75) is 19.8 Å². The number of benzene rings is 1. The van der Waals surface area contributed by atoms with Crippen LogP contribution in [-0.2, 0) is 16.0 Å². The minimum absolute atomic E-state index is 0.0397. The van der Waals surface area contributed by atoms with E-state index in [1.165, 1.54) is 11.3 Å². The lowest BCUT2D eigenvalue weighted by Crippen LogP contribution is -2.16. The van der Waals surface area contributed by atoms with Crippen molar-refractivity contribution in [3.8, 4) is 0 Å². The molecule has 0 bridgehead atoms. The van der Waals surface area contributed by atoms with Gasteiger partial charge in [-0.1, -0.05) is 12.1 Å². The van der Waals surface area contributed by atoms with Crippen molar-refractivity contribution in [2.75, 3.05) is 6.61 Å². The number of rotatable bonds is 6. The van der Waals surface area contributed by atoms with Gasteiger partial charge in [-0.15, -0.1) is 11.3 Å². The van der Waals surface area contributed by atoms with Crippen molar-refractivity contribution in [2.24, 2.45) is 0 Å². The second-order valence-electron chi connectivity index (χ2n) is 5.52. The number of H-pyrrole nitrogens is 1. The molecule has 3 aromatic rings. The Labute approximate surface area is 147 Å². The molecule has 3 rings (SSSR count). The lowest BCUT2D eigenvalue weighted by atomic mass is 10.2. The normalized spacial score (nSPS) is 10.8. The number of esters is 1. The highest BCUT2D eigenvalue weighted by Crippen LogP contribution is 2.15. The third-order valence-electron chi connectivity index (χ3n) is 3.61. The van der Waals surface area contributed by atoms with Gasteiger partial charge < -0.3 is 9.72 Å². The number of Topliss-reactive ketones (excluding diaryl/α,β-unsaturated/α-hetero) is 1. The number of nitrogens with zero attached hydrogens (tertiary/aromatic N) is 1. The SMILES string of the molecule is Cc1ccc(C(=O)COC(=O)CCc2nc3ccccc3c(=O)[nH]2)s1. The van der Waals surface area contributed by atoms with Crippen LogP contribution < -0.4 is 5.56 Å². The van der Waals surface area contributed by atoms with Gasteiger partial charge in [-0.2, -0.15) is 0 Å². The summed E-state index contributed by atoms with van der Waals surface area (Å²) in [5, 5.41) is 0.505. The first-order valence-electron chi connectivity index (χ1n) is 7.76. The molecule has 6 nitrogen and oxygen atoms in total. The molecular formula is C18H16N2O4S. The van der Waals surface area contributed by atoms with E-state index < -0.39 is 5.97 Å². The lowest BCUT2D eigenvalue weighted by molar-refractivity contribution is -0.142. The smallest absolute Gasteiger partial charge is 0.306 e. The first-order chi connectivity index (χ1) is 12.0. The molecule has 0 unspecified atom stereocenters. The third kappa shape index (κ3) is 4.19. The summed E-state index contributed by atoms with van der Waals surface area (Å²) >= 11 is 1.37. The second kappa shape index (κ2) is 7.40. The van der Waals surface area contributed by atoms with Crippen LogP contribution in [0.1, 0.15) is 26.8 Å². The third-order valence-corrected chi connectivity index (χ3v) is 4.65. The summed E-state index contributed by atoms with van der Waals surface area (Å²) in [6.45, 7) is 1.63. The van der Waals surface area contributed by atoms with Crippen LogP contribution in [0.3, 0.4) is 0 Å². The van der Waals surface area contributed by atoms with E-state index in [1.807, 2.05) is 13.0 Å². The maximum Gasteiger partial charge on any atom is 0.306 e. The number of para-hydroxylation sites is 1. The molecule has 7 heteroatoms. The number of fused-ring (bicyclic) bond motifs is 1. The molecule has 0 fully saturated rings. The zero-order valence-electron chi connectivity index (χ0n) is 13.6. The number of ether oxygens (including phenoxy) is 1. The van der Waals surface area contributed by atoms with E-state index >= 15 is 0 Å². The minimum Gasteiger partial charge on any atom is -0.457 e. The van der Waals surface area contributed by atoms with Gasteiger partial charge in [0.1, 0.15) is 5.82 Å². The predicted molar refractivity (Wildman–Crippen MR) is 95.0 cm³/mol. The molecule has 1 N–H and O–H groups in total. The summed E-state index contributed by atoms with van der Waals surface area (Å²) in [7, 11) is 0. The molecule has 0 aliphatic rings. The Balaban J connectivity index is 1.55. The molecule has 25 heavy (non-hydrogen) atoms. The summed E-state index contributed by atoms with van der Waals surface area (Å²) in [5.74, 6) is -0.304. The zero-order chi connectivity index (χ0) is 17.8. The fourth-order valence-electron chi connectivity index (χ4n) is 2.35. The molecule has 1 aromatic carbocycles. The zero-order valence-corrected chi connectivity index (χ0v) is 14.4. The Kier molecular flexibility index (Phi) is 5.04. The van der Waals surface area contributed by atoms with Crippen LogP contribution in [0, 0.1) is 6.92 Å². The van der Waals surface area contributed by atoms with Crippen LogP contribution in [0.5, 0.6) is 0 Å². The van der Waals surface area contributed by atoms with Crippen LogP contribution in [0.25, 0.3) is 10.9 Å². The number of aryl methyl sites for hydroxylation is 2. The number of hydrogen-bond donors (Lipinski definition) is 1. The summed E-state index contributed by atoms with van der Waals surface area (Å²) in [6.07, 6.45) is 0.281. The molecule has 0 radical (unpaired) electrons. The van der Waals surface area contributed by atoms with Crippen LogP contribution in [-0.4, -0.2) is 28.3 Å². The molecule has 0 aliphatic heterocycles. The Morgan fingerprint density at radius 3 is 2.76 bits per heavy atom. The van der Waals surface area contributed by atoms with E-state index in [1.54, 1.807) is 30.3 Å². The molecule has 0 saturated carbocycles. The summed E-state index contributed by atoms with van der Waals surface area (Å²) in [4.78, 5) is 44.3. The average Bonchev–Trinajstić information content (AvgIpc) is 3.04. The van der Waals surface area contributed by atoms with E-state index in [2.05, 4.69) is 9.97 Å². The number of ketones is 1. The van der Waals surface area contributed by atoms with E-state index in [0.717, 1.165) is 4.88 Å². The van der Waals surface area contributed by atoms with Gasteiger partial charge in [-0.05, 0) is 31.2 Å². The quantitative estimate of drug-likeness (QED) is 0.542. The van der Waals surface area contributed by atoms with Gasteiger partial charge in [-0.25, -0.2) is 4.98 Å². The molecular weight excluding hydrogens is 340 g/mol. The highest BCUT2D eigenvalue weighted by molar-refractivity contribution is 7.14. The van der Waals surface area contributed by atoms with Crippen molar-refractivity contribution >= 4 is 34.0 Å². The largest absolute Gasteiger partial charge is 0.457 e. The number of carbonyl (C=O) groups excluding carboxylic acids is 2. The molecule has 0 atom stereocenters. The maximum absolute atomic E-state index is 12.0. The van der Waals surface area contributed by atoms with Crippen molar-refractivity contribution in [1.82, 2.24) is 9.97 Å². The van der Waals surface area contributed by atoms with Crippen molar-refractivity contribution in [3.05, 3.63) is 62.3 Å². The van der Waals surface area contributed by atoms with Crippen molar-refractivity contribution < 1.29 is 14.3 Å². The van der Waals surface area contributed by atoms with Gasteiger partial charge in [0.15, 0.2) is 6.61 Å². The number of aromatic nitrogens is 2. The Bertz CT molecular complexity index is 990. The molecule has 128 valence electrons. The minimum atomic E-state index is -0.502. The first kappa shape index (κ1) is 17.0. The van der Waals surface area contributed by atoms with Crippen LogP contribution in [0.4, 0.5) is 0 Å². The Morgan fingerprint density at radius 2 is 2.00 bits per heavy atom. The highest BCUT2D eigenvalue weighted by Gasteiger charge is 2.12. The fourth-order valence-corrected chi connectivity index (χ4v) is 3.14. The summed E-state index contributed by atoms with van der Waals surface area (Å²) in [6, 6.07) is 10.6. The molecule has 0 amide bonds. The number of hydrogen-bond acceptors (Lipinski definition) is 6. The van der Waals surface area contributed by atoms with E-state index in [4.69, 9.17) is 4.74 Å². The van der Waals surface area contributed by atoms with Gasteiger partial charge in [0, 0.05) is 11.3 Å². The topological polar surface area (TPSA) is 89.1 Å². The van der Waals surface area contributed by atoms with Gasteiger partial charge >= 0.3 is 5.97 Å². The number of thiophene rings is 1. The Morgan fingerprint density at radius 1 is 1.20 bits per heavy atom. The number of nitrogens with one attached hydrogen (secondary N) is 1. The first-order valence-corrected chi connectivity index (χ1v) is 8.58. The number of carbonyl (C=O) groups is 2. The standard InChI is InChI=1S/C18H16N2O4S/c1-11-6-7-15(25-11)14(21)10-24-17(22)9-8-16-19-13-5-3-2-4-12(13)18(23)20-16/h2-7H,8-10H2,1H3,(H,19,20,23). The molecule has 0 saturated heterocycles. The van der Waals surface area contributed by atoms with Gasteiger partial charge in [0.05, 0.1) is 22.2 Å². The second-order valence-corrected chi connectivity index (χ2v) is 6.81. The predicted octanol–water partition coefficient (Wildman–Crippen LogP) is 2.65. The van der Waals surface area contributed by atoms with Crippen LogP contribution >= 0.6 is 11.3 Å². The maximum atomic E-state index is 12.0.